The molecule has 5 rings (SSSR count). The summed E-state index contributed by atoms with van der Waals surface area (Å²) in [6.07, 6.45) is 1.59. The maximum Gasteiger partial charge on any atom is 0.328 e. The van der Waals surface area contributed by atoms with Gasteiger partial charge in [-0.25, -0.2) is 4.79 Å². The summed E-state index contributed by atoms with van der Waals surface area (Å²) < 4.78 is 0. The Hall–Kier alpha value is -2.45. The van der Waals surface area contributed by atoms with Crippen LogP contribution in [-0.4, -0.2) is 76.7 Å². The molecule has 0 saturated carbocycles. The van der Waals surface area contributed by atoms with Gasteiger partial charge in [0.1, 0.15) is 18.5 Å². The minimum Gasteiger partial charge on any atom is -0.310 e. The van der Waals surface area contributed by atoms with Crippen molar-refractivity contribution in [3.63, 3.8) is 0 Å². The van der Waals surface area contributed by atoms with Crippen molar-refractivity contribution in [3.05, 3.63) is 70.7 Å². The van der Waals surface area contributed by atoms with Crippen molar-refractivity contribution >= 4 is 23.5 Å². The first-order chi connectivity index (χ1) is 15.5. The summed E-state index contributed by atoms with van der Waals surface area (Å²) in [5.41, 5.74) is 2.19. The van der Waals surface area contributed by atoms with Gasteiger partial charge < -0.3 is 4.90 Å². The highest BCUT2D eigenvalue weighted by Gasteiger charge is 2.55. The number of carbonyl (C=O) groups is 2. The molecule has 7 nitrogen and oxygen atoms in total. The molecule has 3 heterocycles. The third-order valence-corrected chi connectivity index (χ3v) is 7.00. The van der Waals surface area contributed by atoms with E-state index < -0.39 is 0 Å². The molecule has 0 spiro atoms. The summed E-state index contributed by atoms with van der Waals surface area (Å²) >= 11 is 5.99. The van der Waals surface area contributed by atoms with E-state index in [0.717, 1.165) is 38.0 Å². The van der Waals surface area contributed by atoms with Crippen LogP contribution in [-0.2, 0) is 17.8 Å². The fraction of sp³-hybridized carbons (Fsp3) is 0.417. The molecule has 0 aromatic heterocycles. The minimum absolute atomic E-state index is 0.0443. The van der Waals surface area contributed by atoms with Gasteiger partial charge in [0.2, 0.25) is 0 Å². The van der Waals surface area contributed by atoms with Gasteiger partial charge >= 0.3 is 6.03 Å². The molecular weight excluding hydrogens is 426 g/mol. The topological polar surface area (TPSA) is 59.1 Å². The second-order valence-electron chi connectivity index (χ2n) is 8.74. The Bertz CT molecular complexity index is 986. The second-order valence-corrected chi connectivity index (χ2v) is 9.17. The van der Waals surface area contributed by atoms with Crippen LogP contribution in [0.25, 0.3) is 0 Å². The van der Waals surface area contributed by atoms with Crippen LogP contribution in [0.2, 0.25) is 5.02 Å². The number of hydrogen-bond acceptors (Lipinski definition) is 5. The summed E-state index contributed by atoms with van der Waals surface area (Å²) in [4.78, 5) is 34.3. The predicted octanol–water partition coefficient (Wildman–Crippen LogP) is 2.57. The number of carbonyl (C=O) groups excluding carboxylic acids is 2. The zero-order valence-corrected chi connectivity index (χ0v) is 18.9. The molecule has 0 radical (unpaired) electrons. The van der Waals surface area contributed by atoms with Crippen molar-refractivity contribution in [1.29, 1.82) is 0 Å². The van der Waals surface area contributed by atoms with E-state index in [9.17, 15) is 9.59 Å². The van der Waals surface area contributed by atoms with Gasteiger partial charge in [-0.05, 0) is 36.1 Å². The van der Waals surface area contributed by atoms with Gasteiger partial charge in [0.05, 0.1) is 6.54 Å². The average molecular weight is 454 g/mol. The lowest BCUT2D eigenvalue weighted by Gasteiger charge is -2.43. The lowest BCUT2D eigenvalue weighted by Crippen LogP contribution is -2.66. The molecule has 3 aliphatic heterocycles. The lowest BCUT2D eigenvalue weighted by atomic mass is 10.1. The van der Waals surface area contributed by atoms with Crippen LogP contribution in [0.1, 0.15) is 17.5 Å². The van der Waals surface area contributed by atoms with Crippen molar-refractivity contribution in [2.45, 2.75) is 37.9 Å². The van der Waals surface area contributed by atoms with Crippen LogP contribution in [0.4, 0.5) is 4.79 Å². The summed E-state index contributed by atoms with van der Waals surface area (Å²) in [6.45, 7) is 2.96. The van der Waals surface area contributed by atoms with Crippen LogP contribution < -0.4 is 5.32 Å². The van der Waals surface area contributed by atoms with E-state index in [0.29, 0.717) is 5.02 Å². The molecule has 3 saturated heterocycles. The van der Waals surface area contributed by atoms with Crippen LogP contribution in [0, 0.1) is 0 Å². The minimum atomic E-state index is -0.380. The third-order valence-electron chi connectivity index (χ3n) is 6.75. The number of likely N-dealkylation sites (N-methyl/N-ethyl adjacent to an activating group) is 1. The number of benzene rings is 2. The standard InChI is InChI=1S/C24H28ClN5O2/c1-27-21-20(22(31)30(24(27)32)16-18-8-10-19(25)11-9-18)29-14-5-13-28(23(29)26-21)15-12-17-6-3-2-4-7-17/h2-4,6-11,20-21,23,26H,5,12-16H2,1H3. The molecule has 3 fully saturated rings. The van der Waals surface area contributed by atoms with Crippen molar-refractivity contribution in [3.8, 4) is 0 Å². The highest BCUT2D eigenvalue weighted by Crippen LogP contribution is 2.31. The van der Waals surface area contributed by atoms with Crippen LogP contribution in [0.15, 0.2) is 54.6 Å². The van der Waals surface area contributed by atoms with Gasteiger partial charge in [-0.2, -0.15) is 0 Å². The largest absolute Gasteiger partial charge is 0.328 e. The lowest BCUT2D eigenvalue weighted by molar-refractivity contribution is -0.140. The first-order valence-electron chi connectivity index (χ1n) is 11.2. The first kappa shape index (κ1) is 21.4. The molecule has 1 N–H and O–H groups in total. The average Bonchev–Trinajstić information content (AvgIpc) is 3.21. The van der Waals surface area contributed by atoms with E-state index in [1.165, 1.54) is 10.5 Å². The molecule has 168 valence electrons. The Morgan fingerprint density at radius 2 is 1.75 bits per heavy atom. The van der Waals surface area contributed by atoms with Crippen molar-refractivity contribution < 1.29 is 9.59 Å². The Labute approximate surface area is 193 Å². The van der Waals surface area contributed by atoms with E-state index in [-0.39, 0.29) is 37.0 Å². The Morgan fingerprint density at radius 3 is 2.50 bits per heavy atom. The van der Waals surface area contributed by atoms with E-state index in [1.807, 2.05) is 18.2 Å². The highest BCUT2D eigenvalue weighted by molar-refractivity contribution is 6.30. The van der Waals surface area contributed by atoms with Gasteiger partial charge in [-0.3, -0.25) is 24.8 Å². The second kappa shape index (κ2) is 8.83. The molecular formula is C24H28ClN5O2. The fourth-order valence-electron chi connectivity index (χ4n) is 5.06. The molecule has 3 aliphatic rings. The number of nitrogens with zero attached hydrogens (tertiary/aromatic N) is 4. The van der Waals surface area contributed by atoms with E-state index in [1.54, 1.807) is 24.1 Å². The molecule has 3 unspecified atom stereocenters. The number of urea groups is 1. The molecule has 3 amide bonds. The smallest absolute Gasteiger partial charge is 0.310 e. The zero-order chi connectivity index (χ0) is 22.2. The van der Waals surface area contributed by atoms with Gasteiger partial charge in [0.15, 0.2) is 0 Å². The van der Waals surface area contributed by atoms with E-state index >= 15 is 0 Å². The molecule has 0 aliphatic carbocycles. The van der Waals surface area contributed by atoms with Crippen molar-refractivity contribution in [2.24, 2.45) is 0 Å². The third kappa shape index (κ3) is 3.90. The molecule has 2 aromatic rings. The number of fused-ring (bicyclic) bond motifs is 3. The summed E-state index contributed by atoms with van der Waals surface area (Å²) in [7, 11) is 1.78. The highest BCUT2D eigenvalue weighted by atomic mass is 35.5. The fourth-order valence-corrected chi connectivity index (χ4v) is 5.19. The van der Waals surface area contributed by atoms with Crippen LogP contribution in [0.3, 0.4) is 0 Å². The molecule has 3 atom stereocenters. The maximum atomic E-state index is 13.5. The van der Waals surface area contributed by atoms with Crippen LogP contribution >= 0.6 is 11.6 Å². The van der Waals surface area contributed by atoms with Crippen molar-refractivity contribution in [1.82, 2.24) is 24.9 Å². The summed E-state index contributed by atoms with van der Waals surface area (Å²) in [5, 5.41) is 4.21. The number of imide groups is 1. The van der Waals surface area contributed by atoms with Gasteiger partial charge in [0, 0.05) is 31.7 Å². The van der Waals surface area contributed by atoms with Gasteiger partial charge in [-0.15, -0.1) is 0 Å². The van der Waals surface area contributed by atoms with Crippen LogP contribution in [0.5, 0.6) is 0 Å². The molecule has 32 heavy (non-hydrogen) atoms. The monoisotopic (exact) mass is 453 g/mol. The molecule has 0 bridgehead atoms. The maximum absolute atomic E-state index is 13.5. The Kier molecular flexibility index (Phi) is 5.90. The Morgan fingerprint density at radius 1 is 1.00 bits per heavy atom. The zero-order valence-electron chi connectivity index (χ0n) is 18.2. The van der Waals surface area contributed by atoms with Gasteiger partial charge in [-0.1, -0.05) is 54.1 Å². The normalized spacial score (nSPS) is 26.4. The quantitative estimate of drug-likeness (QED) is 0.754. The first-order valence-corrected chi connectivity index (χ1v) is 11.5. The number of amides is 3. The van der Waals surface area contributed by atoms with Crippen molar-refractivity contribution in [2.75, 3.05) is 26.7 Å². The predicted molar refractivity (Wildman–Crippen MR) is 123 cm³/mol. The summed E-state index contributed by atoms with van der Waals surface area (Å²) in [5.74, 6) is -0.132. The van der Waals surface area contributed by atoms with Gasteiger partial charge in [0.25, 0.3) is 5.91 Å². The summed E-state index contributed by atoms with van der Waals surface area (Å²) in [6, 6.07) is 17.1. The SMILES string of the molecule is CN1C(=O)N(Cc2ccc(Cl)cc2)C(=O)C2C1NC1N(CCc3ccccc3)CCCN21. The van der Waals surface area contributed by atoms with E-state index in [4.69, 9.17) is 11.6 Å². The number of halogens is 1. The molecule has 2 aromatic carbocycles. The van der Waals surface area contributed by atoms with E-state index in [2.05, 4.69) is 39.4 Å². The Balaban J connectivity index is 1.33. The number of hydrogen-bond donors (Lipinski definition) is 1. The number of nitrogens with one attached hydrogen (secondary N) is 1. The molecule has 8 heteroatoms. The number of rotatable bonds is 5.